The lowest BCUT2D eigenvalue weighted by molar-refractivity contribution is -0.597. The number of piperidine rings is 1. The van der Waals surface area contributed by atoms with Crippen LogP contribution in [0.3, 0.4) is 0 Å². The van der Waals surface area contributed by atoms with E-state index < -0.39 is 186 Å². The number of piperazine rings is 1. The number of benzene rings is 1. The van der Waals surface area contributed by atoms with E-state index >= 15 is 0 Å². The Morgan fingerprint density at radius 3 is 1.63 bits per heavy atom. The molecule has 68 heavy (non-hydrogen) atoms. The highest BCUT2D eigenvalue weighted by Gasteiger charge is 2.87. The normalized spacial score (nSPS) is 27.6. The molecule has 0 aromatic heterocycles. The van der Waals surface area contributed by atoms with Crippen molar-refractivity contribution in [2.24, 2.45) is 11.3 Å². The van der Waals surface area contributed by atoms with Crippen molar-refractivity contribution in [3.8, 4) is 17.2 Å². The van der Waals surface area contributed by atoms with Crippen LogP contribution in [0.25, 0.3) is 0 Å². The highest BCUT2D eigenvalue weighted by atomic mass is 19.4. The molecule has 2 aliphatic heterocycles. The zero-order chi connectivity index (χ0) is 54.0. The maximum absolute atomic E-state index is 14.9. The van der Waals surface area contributed by atoms with Crippen LogP contribution in [-0.4, -0.2) is 224 Å². The van der Waals surface area contributed by atoms with Gasteiger partial charge in [0.1, 0.15) is 17.2 Å². The van der Waals surface area contributed by atoms with Gasteiger partial charge in [-0.15, -0.1) is 0 Å². The van der Waals surface area contributed by atoms with Crippen molar-refractivity contribution in [2.45, 2.75) is 137 Å². The summed E-state index contributed by atoms with van der Waals surface area (Å²) in [5, 5.41) is 223. The summed E-state index contributed by atoms with van der Waals surface area (Å²) in [5.74, 6) is -48.8. The van der Waals surface area contributed by atoms with Crippen molar-refractivity contribution < 1.29 is 147 Å². The van der Waals surface area contributed by atoms with E-state index in [4.69, 9.17) is 0 Å². The van der Waals surface area contributed by atoms with E-state index in [-0.39, 0.29) is 34.7 Å². The first-order valence-electron chi connectivity index (χ1n) is 18.8. The van der Waals surface area contributed by atoms with Gasteiger partial charge in [-0.2, -0.15) is 35.6 Å². The summed E-state index contributed by atoms with van der Waals surface area (Å²) in [6.07, 6.45) is -26.7. The molecule has 2 fully saturated rings. The predicted molar refractivity (Wildman–Crippen MR) is 193 cm³/mol. The molecular weight excluding hydrogens is 965 g/mol. The lowest BCUT2D eigenvalue weighted by atomic mass is 9.71. The quantitative estimate of drug-likeness (QED) is 0.0424. The summed E-state index contributed by atoms with van der Waals surface area (Å²) in [5.41, 5.74) is -17.0. The molecule has 8 unspecified atom stereocenters. The zero-order valence-electron chi connectivity index (χ0n) is 35.6. The number of urea groups is 1. The number of alkyl halides is 6. The molecule has 0 aliphatic carbocycles. The summed E-state index contributed by atoms with van der Waals surface area (Å²) >= 11 is 0. The van der Waals surface area contributed by atoms with Crippen molar-refractivity contribution >= 4 is 17.7 Å². The van der Waals surface area contributed by atoms with Gasteiger partial charge in [-0.1, -0.05) is 0 Å². The smallest absolute Gasteiger partial charge is 0.401 e. The number of Topliss-reactive ketones (excluding diaryl/α,β-unsaturated/α-hetero) is 1. The minimum Gasteiger partial charge on any atom is -0.505 e. The van der Waals surface area contributed by atoms with Gasteiger partial charge in [0.05, 0.1) is 24.2 Å². The molecule has 2 saturated heterocycles. The Balaban J connectivity index is 2.48. The number of phenols is 3. The number of phenolic OH excluding ortho intramolecular Hbond substituents is 3. The number of carbonyl (C=O) groups is 3. The minimum atomic E-state index is -5.89. The summed E-state index contributed by atoms with van der Waals surface area (Å²) in [6.45, 7) is 1.30. The summed E-state index contributed by atoms with van der Waals surface area (Å²) < 4.78 is 97.4. The van der Waals surface area contributed by atoms with Gasteiger partial charge in [0.15, 0.2) is 23.0 Å². The topological polar surface area (TPSA) is 469 Å². The average molecular weight is 1010 g/mol. The fourth-order valence-electron chi connectivity index (χ4n) is 8.11. The first-order chi connectivity index (χ1) is 29.9. The number of rotatable bonds is 11. The first kappa shape index (κ1) is 58.1. The molecular formula is C34H49F7N4O23. The van der Waals surface area contributed by atoms with E-state index in [9.17, 15) is 147 Å². The van der Waals surface area contributed by atoms with Gasteiger partial charge in [-0.3, -0.25) is 19.4 Å². The fraction of sp³-hybridized carbons (Fsp3) is 0.735. The molecule has 392 valence electrons. The number of carbonyl (C=O) groups excluding carboxylic acids is 3. The van der Waals surface area contributed by atoms with Crippen LogP contribution in [0.2, 0.25) is 0 Å². The average Bonchev–Trinajstić information content (AvgIpc) is 3.13. The largest absolute Gasteiger partial charge is 0.505 e. The molecule has 8 atom stereocenters. The monoisotopic (exact) mass is 1010 g/mol. The number of halogens is 7. The lowest BCUT2D eigenvalue weighted by Gasteiger charge is -2.67. The molecule has 0 bridgehead atoms. The molecule has 2 aliphatic rings. The predicted octanol–water partition coefficient (Wildman–Crippen LogP) is -6.53. The summed E-state index contributed by atoms with van der Waals surface area (Å²) in [7, 11) is 0.145. The van der Waals surface area contributed by atoms with Gasteiger partial charge in [0.25, 0.3) is 11.7 Å². The van der Waals surface area contributed by atoms with E-state index in [2.05, 4.69) is 0 Å². The molecule has 2 heterocycles. The number of amides is 3. The molecule has 27 nitrogen and oxygen atoms in total. The number of aliphatic hydroxyl groups is 17. The van der Waals surface area contributed by atoms with Gasteiger partial charge >= 0.3 is 36.1 Å². The first-order valence-corrected chi connectivity index (χ1v) is 18.8. The highest BCUT2D eigenvalue weighted by Crippen LogP contribution is 2.59. The van der Waals surface area contributed by atoms with Gasteiger partial charge in [-0.25, -0.2) is 9.69 Å². The zero-order valence-corrected chi connectivity index (χ0v) is 35.6. The number of aromatic hydroxyl groups is 3. The van der Waals surface area contributed by atoms with E-state index in [0.29, 0.717) is 6.92 Å². The van der Waals surface area contributed by atoms with Crippen molar-refractivity contribution in [1.29, 1.82) is 0 Å². The second-order valence-electron chi connectivity index (χ2n) is 16.9. The standard InChI is InChI=1S/C34H49F7N4O23/c1-10-15(18(50)19(51)16(35)17(10)49)27(56)28(57,58)21(44-30(61,62)22(53)43(12(3)47)33(65,66)34(44,67)68)29(59,60)32(63,64)45(27)23(54)42(6)25(5,55)9-14(11(2)46)20(52)24(4,31(39,40)41)7-13(48)8-26(36,37)38/h11,13-14,21-22,46,48-51,53,55-68H,7-9H2,1-6H3. The third-order valence-electron chi connectivity index (χ3n) is 12.0. The van der Waals surface area contributed by atoms with Crippen molar-refractivity contribution in [3.63, 3.8) is 0 Å². The van der Waals surface area contributed by atoms with Gasteiger partial charge in [0, 0.05) is 31.9 Å². The molecule has 3 rings (SSSR count). The Labute approximate surface area is 374 Å². The third-order valence-corrected chi connectivity index (χ3v) is 12.0. The van der Waals surface area contributed by atoms with E-state index in [0.717, 1.165) is 0 Å². The van der Waals surface area contributed by atoms with Gasteiger partial charge < -0.3 is 102 Å². The van der Waals surface area contributed by atoms with Crippen LogP contribution in [0, 0.1) is 24.1 Å². The molecule has 0 spiro atoms. The molecule has 20 N–H and O–H groups in total. The van der Waals surface area contributed by atoms with E-state index in [1.54, 1.807) is 0 Å². The molecule has 0 saturated carbocycles. The maximum atomic E-state index is 14.9. The molecule has 1 aromatic carbocycles. The van der Waals surface area contributed by atoms with Crippen LogP contribution in [0.5, 0.6) is 17.2 Å². The van der Waals surface area contributed by atoms with Crippen LogP contribution in [0.1, 0.15) is 58.1 Å². The number of likely N-dealkylation sites (tertiary alicyclic amines) is 1. The Hall–Kier alpha value is -4.18. The summed E-state index contributed by atoms with van der Waals surface area (Å²) in [6, 6.07) is -7.65. The molecule has 34 heteroatoms. The molecule has 0 radical (unpaired) electrons. The SMILES string of the molecule is CC(=O)N1C(O)C(O)(O)N(C2C(O)(O)C(O)(O)N(C(=O)N(C)C(C)(O)CC(C(=O)C(C)(CC(O)CC(F)(F)F)C(F)(F)F)C(C)O)C(O)(c3c(C)c(O)c(F)c(O)c3O)C2(O)O)C(O)(O)C1(O)O. The number of hydrogen-bond acceptors (Lipinski definition) is 24. The van der Waals surface area contributed by atoms with Gasteiger partial charge in [-0.05, 0) is 34.1 Å². The fourth-order valence-corrected chi connectivity index (χ4v) is 8.11. The van der Waals surface area contributed by atoms with Gasteiger partial charge in [0.2, 0.25) is 29.5 Å². The summed E-state index contributed by atoms with van der Waals surface area (Å²) in [4.78, 5) is 35.6. The second kappa shape index (κ2) is 17.0. The minimum absolute atomic E-state index is 0.0337. The van der Waals surface area contributed by atoms with Crippen molar-refractivity contribution in [2.75, 3.05) is 7.05 Å². The molecule has 3 amide bonds. The van der Waals surface area contributed by atoms with Crippen LogP contribution in [-0.2, 0) is 15.3 Å². The van der Waals surface area contributed by atoms with Crippen LogP contribution < -0.4 is 0 Å². The van der Waals surface area contributed by atoms with E-state index in [1.807, 2.05) is 0 Å². The third kappa shape index (κ3) is 8.42. The van der Waals surface area contributed by atoms with E-state index in [1.165, 1.54) is 0 Å². The van der Waals surface area contributed by atoms with Crippen LogP contribution >= 0.6 is 0 Å². The number of hydrogen-bond donors (Lipinski definition) is 20. The second-order valence-corrected chi connectivity index (χ2v) is 16.9. The number of aliphatic hydroxyl groups excluding tert-OH is 3. The molecule has 1 aromatic rings. The Kier molecular flexibility index (Phi) is 14.5. The number of ketones is 1. The van der Waals surface area contributed by atoms with Crippen LogP contribution in [0.4, 0.5) is 35.5 Å². The maximum Gasteiger partial charge on any atom is 0.401 e. The van der Waals surface area contributed by atoms with Crippen molar-refractivity contribution in [3.05, 3.63) is 16.9 Å². The number of nitrogens with zero attached hydrogens (tertiary/aromatic N) is 4. The Bertz CT molecular complexity index is 2130. The van der Waals surface area contributed by atoms with Crippen molar-refractivity contribution in [1.82, 2.24) is 19.6 Å². The van der Waals surface area contributed by atoms with Crippen LogP contribution in [0.15, 0.2) is 0 Å². The lowest BCUT2D eigenvalue weighted by Crippen LogP contribution is -2.96. The Morgan fingerprint density at radius 1 is 0.750 bits per heavy atom. The highest BCUT2D eigenvalue weighted by molar-refractivity contribution is 5.88. The Morgan fingerprint density at radius 2 is 1.22 bits per heavy atom.